The quantitative estimate of drug-likeness (QED) is 0.648. The second-order valence-electron chi connectivity index (χ2n) is 7.38. The molecule has 1 saturated heterocycles. The van der Waals surface area contributed by atoms with Crippen molar-refractivity contribution in [1.29, 1.82) is 0 Å². The highest BCUT2D eigenvalue weighted by Gasteiger charge is 2.37. The third-order valence-electron chi connectivity index (χ3n) is 4.92. The minimum Gasteiger partial charge on any atom is -0.452 e. The average Bonchev–Trinajstić information content (AvgIpc) is 3.10. The molecule has 31 heavy (non-hydrogen) atoms. The molecule has 1 fully saturated rings. The number of aryl methyl sites for hydroxylation is 1. The molecule has 3 rings (SSSR count). The van der Waals surface area contributed by atoms with E-state index in [0.29, 0.717) is 11.4 Å². The first-order valence-corrected chi connectivity index (χ1v) is 11.1. The Bertz CT molecular complexity index is 1100. The second-order valence-corrected chi connectivity index (χ2v) is 8.94. The largest absolute Gasteiger partial charge is 0.452 e. The molecule has 2 atom stereocenters. The van der Waals surface area contributed by atoms with Crippen molar-refractivity contribution in [2.45, 2.75) is 31.3 Å². The number of nitrogens with zero attached hydrogens (tertiary/aromatic N) is 1. The number of anilines is 2. The maximum Gasteiger partial charge on any atom is 0.312 e. The first-order chi connectivity index (χ1) is 14.5. The number of carbonyl (C=O) groups excluding carboxylic acids is 3. The van der Waals surface area contributed by atoms with Gasteiger partial charge in [-0.2, -0.15) is 0 Å². The van der Waals surface area contributed by atoms with Gasteiger partial charge < -0.3 is 15.0 Å². The summed E-state index contributed by atoms with van der Waals surface area (Å²) in [4.78, 5) is 38.6. The molecule has 164 valence electrons. The van der Waals surface area contributed by atoms with Crippen LogP contribution in [0.25, 0.3) is 0 Å². The lowest BCUT2D eigenvalue weighted by Crippen LogP contribution is -2.33. The molecule has 1 aliphatic rings. The Morgan fingerprint density at radius 3 is 2.32 bits per heavy atom. The topological polar surface area (TPSA) is 136 Å². The fourth-order valence-electron chi connectivity index (χ4n) is 3.14. The molecule has 3 N–H and O–H groups in total. The number of esters is 1. The van der Waals surface area contributed by atoms with Gasteiger partial charge >= 0.3 is 5.97 Å². The summed E-state index contributed by atoms with van der Waals surface area (Å²) in [6.07, 6.45) is -1.09. The van der Waals surface area contributed by atoms with Crippen LogP contribution in [-0.2, 0) is 29.1 Å². The molecule has 0 radical (unpaired) electrons. The van der Waals surface area contributed by atoms with Crippen molar-refractivity contribution in [2.24, 2.45) is 11.1 Å². The number of benzene rings is 2. The minimum atomic E-state index is -3.83. The van der Waals surface area contributed by atoms with Crippen molar-refractivity contribution >= 4 is 39.2 Å². The van der Waals surface area contributed by atoms with E-state index in [9.17, 15) is 22.8 Å². The van der Waals surface area contributed by atoms with E-state index in [2.05, 4.69) is 5.32 Å². The van der Waals surface area contributed by atoms with E-state index in [4.69, 9.17) is 9.88 Å². The molecule has 2 aromatic rings. The van der Waals surface area contributed by atoms with Crippen LogP contribution in [0.2, 0.25) is 0 Å². The zero-order chi connectivity index (χ0) is 22.8. The number of sulfonamides is 1. The maximum absolute atomic E-state index is 12.5. The zero-order valence-corrected chi connectivity index (χ0v) is 17.9. The molecule has 0 bridgehead atoms. The van der Waals surface area contributed by atoms with E-state index in [1.54, 1.807) is 0 Å². The summed E-state index contributed by atoms with van der Waals surface area (Å²) in [6.45, 7) is 3.54. The summed E-state index contributed by atoms with van der Waals surface area (Å²) >= 11 is 0. The van der Waals surface area contributed by atoms with E-state index >= 15 is 0 Å². The summed E-state index contributed by atoms with van der Waals surface area (Å²) in [5.41, 5.74) is 2.09. The molecule has 0 saturated carbocycles. The summed E-state index contributed by atoms with van der Waals surface area (Å²) < 4.78 is 27.8. The molecule has 0 spiro atoms. The molecule has 2 aromatic carbocycles. The molecule has 0 aliphatic carbocycles. The van der Waals surface area contributed by atoms with Gasteiger partial charge in [0.05, 0.1) is 10.8 Å². The smallest absolute Gasteiger partial charge is 0.312 e. The average molecular weight is 445 g/mol. The van der Waals surface area contributed by atoms with Crippen molar-refractivity contribution in [3.8, 4) is 0 Å². The van der Waals surface area contributed by atoms with Crippen molar-refractivity contribution in [2.75, 3.05) is 16.8 Å². The molecule has 1 aliphatic heterocycles. The van der Waals surface area contributed by atoms with Gasteiger partial charge in [0, 0.05) is 24.3 Å². The molecule has 10 heteroatoms. The summed E-state index contributed by atoms with van der Waals surface area (Å²) in [5, 5.41) is 7.57. The third kappa shape index (κ3) is 5.47. The Morgan fingerprint density at radius 2 is 1.74 bits per heavy atom. The van der Waals surface area contributed by atoms with Gasteiger partial charge in [-0.1, -0.05) is 17.7 Å². The first kappa shape index (κ1) is 22.4. The second kappa shape index (κ2) is 8.86. The molecular weight excluding hydrogens is 422 g/mol. The van der Waals surface area contributed by atoms with Gasteiger partial charge in [0.1, 0.15) is 0 Å². The highest BCUT2D eigenvalue weighted by molar-refractivity contribution is 7.89. The van der Waals surface area contributed by atoms with Crippen molar-refractivity contribution in [1.82, 2.24) is 0 Å². The zero-order valence-electron chi connectivity index (χ0n) is 17.1. The Hall–Kier alpha value is -3.24. The number of nitrogens with two attached hydrogens (primary N) is 1. The van der Waals surface area contributed by atoms with Gasteiger partial charge in [0.2, 0.25) is 15.9 Å². The summed E-state index contributed by atoms with van der Waals surface area (Å²) in [7, 11) is -3.83. The first-order valence-electron chi connectivity index (χ1n) is 9.56. The van der Waals surface area contributed by atoms with Crippen LogP contribution in [0.1, 0.15) is 18.9 Å². The van der Waals surface area contributed by atoms with Gasteiger partial charge in [0.15, 0.2) is 6.10 Å². The summed E-state index contributed by atoms with van der Waals surface area (Å²) in [6, 6.07) is 12.7. The highest BCUT2D eigenvalue weighted by atomic mass is 32.2. The molecule has 1 heterocycles. The lowest BCUT2D eigenvalue weighted by molar-refractivity contribution is -0.157. The fraction of sp³-hybridized carbons (Fsp3) is 0.286. The van der Waals surface area contributed by atoms with Gasteiger partial charge in [-0.3, -0.25) is 14.4 Å². The van der Waals surface area contributed by atoms with Crippen LogP contribution >= 0.6 is 0 Å². The molecular formula is C21H23N3O6S. The van der Waals surface area contributed by atoms with E-state index in [1.165, 1.54) is 36.1 Å². The SMILES string of the molecule is Cc1ccc(N2CC(C(=O)OC(C)C(=O)Nc3ccc(S(N)(=O)=O)cc3)CC2=O)cc1. The Balaban J connectivity index is 1.56. The lowest BCUT2D eigenvalue weighted by atomic mass is 10.1. The Morgan fingerprint density at radius 1 is 1.13 bits per heavy atom. The normalized spacial score (nSPS) is 17.3. The molecule has 2 unspecified atom stereocenters. The van der Waals surface area contributed by atoms with Crippen molar-refractivity contribution in [3.63, 3.8) is 0 Å². The third-order valence-corrected chi connectivity index (χ3v) is 5.85. The van der Waals surface area contributed by atoms with Crippen LogP contribution in [0.15, 0.2) is 53.4 Å². The van der Waals surface area contributed by atoms with E-state index in [0.717, 1.165) is 5.56 Å². The summed E-state index contributed by atoms with van der Waals surface area (Å²) in [5.74, 6) is -2.07. The van der Waals surface area contributed by atoms with E-state index in [-0.39, 0.29) is 23.8 Å². The van der Waals surface area contributed by atoms with Crippen LogP contribution in [0, 0.1) is 12.8 Å². The Labute approximate surface area is 180 Å². The predicted molar refractivity (Wildman–Crippen MR) is 114 cm³/mol. The minimum absolute atomic E-state index is 0.00999. The monoisotopic (exact) mass is 445 g/mol. The van der Waals surface area contributed by atoms with Crippen LogP contribution in [0.3, 0.4) is 0 Å². The van der Waals surface area contributed by atoms with E-state index in [1.807, 2.05) is 31.2 Å². The fourth-order valence-corrected chi connectivity index (χ4v) is 3.65. The Kier molecular flexibility index (Phi) is 6.42. The number of hydrogen-bond donors (Lipinski definition) is 2. The van der Waals surface area contributed by atoms with Crippen molar-refractivity contribution < 1.29 is 27.5 Å². The van der Waals surface area contributed by atoms with Crippen molar-refractivity contribution in [3.05, 3.63) is 54.1 Å². The van der Waals surface area contributed by atoms with Gasteiger partial charge in [-0.15, -0.1) is 0 Å². The van der Waals surface area contributed by atoms with Gasteiger partial charge in [0.25, 0.3) is 5.91 Å². The number of ether oxygens (including phenoxy) is 1. The van der Waals surface area contributed by atoms with Gasteiger partial charge in [-0.05, 0) is 50.2 Å². The lowest BCUT2D eigenvalue weighted by Gasteiger charge is -2.18. The number of hydrogen-bond acceptors (Lipinski definition) is 6. The van der Waals surface area contributed by atoms with Crippen LogP contribution in [-0.4, -0.2) is 38.9 Å². The predicted octanol–water partition coefficient (Wildman–Crippen LogP) is 1.57. The van der Waals surface area contributed by atoms with Crippen LogP contribution in [0.5, 0.6) is 0 Å². The molecule has 2 amide bonds. The number of rotatable bonds is 6. The maximum atomic E-state index is 12.5. The van der Waals surface area contributed by atoms with E-state index < -0.39 is 33.9 Å². The number of nitrogens with one attached hydrogen (secondary N) is 1. The van der Waals surface area contributed by atoms with Crippen LogP contribution < -0.4 is 15.4 Å². The standard InChI is InChI=1S/C21H23N3O6S/c1-13-3-7-17(8-4-13)24-12-15(11-19(24)25)21(27)30-14(2)20(26)23-16-5-9-18(10-6-16)31(22,28)29/h3-10,14-15H,11-12H2,1-2H3,(H,23,26)(H2,22,28,29). The van der Waals surface area contributed by atoms with Gasteiger partial charge in [-0.25, -0.2) is 13.6 Å². The number of carbonyl (C=O) groups is 3. The number of primary sulfonamides is 1. The van der Waals surface area contributed by atoms with Crippen LogP contribution in [0.4, 0.5) is 11.4 Å². The highest BCUT2D eigenvalue weighted by Crippen LogP contribution is 2.26. The molecule has 0 aromatic heterocycles. The molecule has 9 nitrogen and oxygen atoms in total. The number of amides is 2.